The van der Waals surface area contributed by atoms with Crippen molar-refractivity contribution in [3.8, 4) is 0 Å². The first-order chi connectivity index (χ1) is 9.27. The molecule has 112 valence electrons. The number of carboxylic acids is 1. The maximum Gasteiger partial charge on any atom is 0.310 e. The monoisotopic (exact) mass is 381 g/mol. The van der Waals surface area contributed by atoms with Crippen molar-refractivity contribution < 1.29 is 18.3 Å². The van der Waals surface area contributed by atoms with Crippen LogP contribution in [0.1, 0.15) is 31.2 Å². The number of aliphatic carboxylic acids is 1. The molecule has 1 aliphatic carbocycles. The van der Waals surface area contributed by atoms with E-state index in [0.717, 1.165) is 33.5 Å². The highest BCUT2D eigenvalue weighted by Gasteiger charge is 2.42. The lowest BCUT2D eigenvalue weighted by Crippen LogP contribution is -2.41. The number of sulfonamides is 1. The Morgan fingerprint density at radius 2 is 2.10 bits per heavy atom. The summed E-state index contributed by atoms with van der Waals surface area (Å²) in [7, 11) is -3.65. The molecule has 0 bridgehead atoms. The van der Waals surface area contributed by atoms with Crippen molar-refractivity contribution in [2.24, 2.45) is 5.41 Å². The first-order valence-corrected chi connectivity index (χ1v) is 9.35. The molecule has 0 spiro atoms. The van der Waals surface area contributed by atoms with E-state index in [1.165, 1.54) is 0 Å². The molecule has 1 aliphatic rings. The van der Waals surface area contributed by atoms with Crippen LogP contribution in [0.15, 0.2) is 14.1 Å². The summed E-state index contributed by atoms with van der Waals surface area (Å²) in [5.74, 6) is -0.916. The van der Waals surface area contributed by atoms with E-state index in [1.54, 1.807) is 6.07 Å². The Kier molecular flexibility index (Phi) is 4.58. The summed E-state index contributed by atoms with van der Waals surface area (Å²) in [6.45, 7) is 1.77. The highest BCUT2D eigenvalue weighted by atomic mass is 79.9. The van der Waals surface area contributed by atoms with Crippen molar-refractivity contribution in [2.75, 3.05) is 6.54 Å². The van der Waals surface area contributed by atoms with Gasteiger partial charge in [0.1, 0.15) is 4.21 Å². The van der Waals surface area contributed by atoms with Crippen LogP contribution in [0.2, 0.25) is 0 Å². The summed E-state index contributed by atoms with van der Waals surface area (Å²) in [5, 5.41) is 9.34. The minimum Gasteiger partial charge on any atom is -0.481 e. The van der Waals surface area contributed by atoms with Crippen LogP contribution in [-0.4, -0.2) is 26.0 Å². The van der Waals surface area contributed by atoms with E-state index in [1.807, 2.05) is 6.92 Å². The molecule has 1 aromatic rings. The number of carboxylic acid groups (broad SMARTS) is 1. The van der Waals surface area contributed by atoms with Gasteiger partial charge in [0.25, 0.3) is 0 Å². The largest absolute Gasteiger partial charge is 0.481 e. The predicted molar refractivity (Wildman–Crippen MR) is 80.5 cm³/mol. The van der Waals surface area contributed by atoms with Crippen LogP contribution >= 0.6 is 27.3 Å². The topological polar surface area (TPSA) is 83.5 Å². The second-order valence-electron chi connectivity index (χ2n) is 5.14. The number of carbonyl (C=O) groups is 1. The number of halogens is 1. The molecule has 8 heteroatoms. The molecule has 1 aromatic heterocycles. The van der Waals surface area contributed by atoms with Gasteiger partial charge in [-0.1, -0.05) is 12.8 Å². The lowest BCUT2D eigenvalue weighted by molar-refractivity contribution is -0.148. The van der Waals surface area contributed by atoms with Crippen molar-refractivity contribution in [3.63, 3.8) is 0 Å². The lowest BCUT2D eigenvalue weighted by Gasteiger charge is -2.23. The summed E-state index contributed by atoms with van der Waals surface area (Å²) in [5.41, 5.74) is -0.0967. The molecule has 0 aliphatic heterocycles. The van der Waals surface area contributed by atoms with Gasteiger partial charge in [0.15, 0.2) is 0 Å². The van der Waals surface area contributed by atoms with E-state index in [-0.39, 0.29) is 10.8 Å². The number of nitrogens with one attached hydrogen (secondary N) is 1. The minimum atomic E-state index is -3.65. The van der Waals surface area contributed by atoms with Crippen LogP contribution in [0.5, 0.6) is 0 Å². The number of rotatable bonds is 5. The molecule has 1 fully saturated rings. The summed E-state index contributed by atoms with van der Waals surface area (Å²) in [6.07, 6.45) is 2.71. The Morgan fingerprint density at radius 1 is 1.50 bits per heavy atom. The SMILES string of the molecule is Cc1cc(S(=O)(=O)NCC2(C(=O)O)CCCC2)sc1Br. The van der Waals surface area contributed by atoms with Gasteiger partial charge in [0.05, 0.1) is 9.20 Å². The van der Waals surface area contributed by atoms with Gasteiger partial charge in [-0.15, -0.1) is 11.3 Å². The molecular weight excluding hydrogens is 366 g/mol. The fourth-order valence-electron chi connectivity index (χ4n) is 2.39. The maximum absolute atomic E-state index is 12.2. The smallest absolute Gasteiger partial charge is 0.310 e. The third-order valence-corrected chi connectivity index (χ3v) is 7.73. The first kappa shape index (κ1) is 15.9. The van der Waals surface area contributed by atoms with Crippen LogP contribution in [-0.2, 0) is 14.8 Å². The standard InChI is InChI=1S/C12H16BrNO4S2/c1-8-6-9(19-10(8)13)20(17,18)14-7-12(11(15)16)4-2-3-5-12/h6,14H,2-5,7H2,1H3,(H,15,16). The van der Waals surface area contributed by atoms with Crippen LogP contribution in [0.4, 0.5) is 0 Å². The van der Waals surface area contributed by atoms with E-state index < -0.39 is 21.4 Å². The number of hydrogen-bond donors (Lipinski definition) is 2. The third kappa shape index (κ3) is 3.08. The van der Waals surface area contributed by atoms with Crippen LogP contribution in [0.3, 0.4) is 0 Å². The zero-order valence-electron chi connectivity index (χ0n) is 11.0. The van der Waals surface area contributed by atoms with Crippen molar-refractivity contribution in [2.45, 2.75) is 36.8 Å². The van der Waals surface area contributed by atoms with Gasteiger partial charge in [0, 0.05) is 6.54 Å². The van der Waals surface area contributed by atoms with E-state index >= 15 is 0 Å². The van der Waals surface area contributed by atoms with Crippen molar-refractivity contribution in [1.29, 1.82) is 0 Å². The molecule has 0 amide bonds. The summed E-state index contributed by atoms with van der Waals surface area (Å²) in [6, 6.07) is 1.58. The van der Waals surface area contributed by atoms with Crippen molar-refractivity contribution in [1.82, 2.24) is 4.72 Å². The number of aryl methyl sites for hydroxylation is 1. The summed E-state index contributed by atoms with van der Waals surface area (Å²) in [4.78, 5) is 11.4. The van der Waals surface area contributed by atoms with Crippen LogP contribution in [0.25, 0.3) is 0 Å². The molecule has 1 heterocycles. The molecule has 0 atom stereocenters. The van der Waals surface area contributed by atoms with E-state index in [2.05, 4.69) is 20.7 Å². The zero-order valence-corrected chi connectivity index (χ0v) is 14.2. The number of thiophene rings is 1. The average Bonchev–Trinajstić information content (AvgIpc) is 2.96. The van der Waals surface area contributed by atoms with Gasteiger partial charge in [-0.25, -0.2) is 13.1 Å². The zero-order chi connectivity index (χ0) is 15.0. The Bertz CT molecular complexity index is 598. The molecular formula is C12H16BrNO4S2. The first-order valence-electron chi connectivity index (χ1n) is 6.26. The lowest BCUT2D eigenvalue weighted by atomic mass is 9.87. The predicted octanol–water partition coefficient (Wildman–Crippen LogP) is 2.74. The number of hydrogen-bond acceptors (Lipinski definition) is 4. The Morgan fingerprint density at radius 3 is 2.55 bits per heavy atom. The molecule has 2 rings (SSSR count). The molecule has 2 N–H and O–H groups in total. The second-order valence-corrected chi connectivity index (χ2v) is 9.50. The van der Waals surface area contributed by atoms with E-state index in [0.29, 0.717) is 12.8 Å². The van der Waals surface area contributed by atoms with E-state index in [4.69, 9.17) is 0 Å². The van der Waals surface area contributed by atoms with Crippen molar-refractivity contribution >= 4 is 43.3 Å². The van der Waals surface area contributed by atoms with Gasteiger partial charge in [0.2, 0.25) is 10.0 Å². The molecule has 1 saturated carbocycles. The van der Waals surface area contributed by atoms with Gasteiger partial charge in [-0.05, 0) is 47.3 Å². The van der Waals surface area contributed by atoms with Gasteiger partial charge >= 0.3 is 5.97 Å². The molecule has 20 heavy (non-hydrogen) atoms. The van der Waals surface area contributed by atoms with Gasteiger partial charge in [-0.3, -0.25) is 4.79 Å². The quantitative estimate of drug-likeness (QED) is 0.820. The minimum absolute atomic E-state index is 0.0424. The van der Waals surface area contributed by atoms with Crippen LogP contribution in [0, 0.1) is 12.3 Å². The molecule has 0 radical (unpaired) electrons. The normalized spacial score (nSPS) is 18.3. The Balaban J connectivity index is 2.15. The summed E-state index contributed by atoms with van der Waals surface area (Å²) >= 11 is 4.42. The highest BCUT2D eigenvalue weighted by Crippen LogP contribution is 2.38. The second kappa shape index (κ2) is 5.75. The molecule has 0 unspecified atom stereocenters. The summed E-state index contributed by atoms with van der Waals surface area (Å²) < 4.78 is 27.8. The molecule has 0 aromatic carbocycles. The van der Waals surface area contributed by atoms with Gasteiger partial charge < -0.3 is 5.11 Å². The fraction of sp³-hybridized carbons (Fsp3) is 0.583. The highest BCUT2D eigenvalue weighted by molar-refractivity contribution is 9.11. The maximum atomic E-state index is 12.2. The Labute approximate surface area is 130 Å². The van der Waals surface area contributed by atoms with E-state index in [9.17, 15) is 18.3 Å². The average molecular weight is 382 g/mol. The Hall–Kier alpha value is -0.440. The molecule has 5 nitrogen and oxygen atoms in total. The van der Waals surface area contributed by atoms with Gasteiger partial charge in [-0.2, -0.15) is 0 Å². The van der Waals surface area contributed by atoms with Crippen LogP contribution < -0.4 is 4.72 Å². The fourth-order valence-corrected chi connectivity index (χ4v) is 5.78. The molecule has 0 saturated heterocycles. The van der Waals surface area contributed by atoms with Crippen molar-refractivity contribution in [3.05, 3.63) is 15.4 Å². The third-order valence-electron chi connectivity index (χ3n) is 3.71.